The van der Waals surface area contributed by atoms with E-state index in [0.29, 0.717) is 36.1 Å². The number of aryl methyl sites for hydroxylation is 1. The number of primary amides is 1. The van der Waals surface area contributed by atoms with Crippen LogP contribution in [0, 0.1) is 5.92 Å². The molecule has 0 radical (unpaired) electrons. The topological polar surface area (TPSA) is 153 Å². The molecule has 0 atom stereocenters. The molecule has 1 aromatic heterocycles. The number of hydrogen-bond acceptors (Lipinski definition) is 8. The molecule has 0 aliphatic heterocycles. The van der Waals surface area contributed by atoms with Gasteiger partial charge in [-0.2, -0.15) is 0 Å². The van der Waals surface area contributed by atoms with Gasteiger partial charge in [-0.25, -0.2) is 18.4 Å². The summed E-state index contributed by atoms with van der Waals surface area (Å²) in [6.45, 7) is 2.65. The van der Waals surface area contributed by atoms with Gasteiger partial charge in [0.2, 0.25) is 0 Å². The highest BCUT2D eigenvalue weighted by Crippen LogP contribution is 2.28. The van der Waals surface area contributed by atoms with E-state index < -0.39 is 15.7 Å². The van der Waals surface area contributed by atoms with Gasteiger partial charge in [0.25, 0.3) is 5.91 Å². The molecule has 1 amide bonds. The fraction of sp³-hybridized carbons (Fsp3) is 0.476. The Labute approximate surface area is 183 Å². The molecule has 1 aliphatic carbocycles. The van der Waals surface area contributed by atoms with Gasteiger partial charge in [0.1, 0.15) is 5.82 Å². The number of sulfone groups is 1. The average molecular weight is 447 g/mol. The van der Waals surface area contributed by atoms with Gasteiger partial charge < -0.3 is 22.1 Å². The molecular weight excluding hydrogens is 416 g/mol. The molecule has 1 aliphatic rings. The predicted octanol–water partition coefficient (Wildman–Crippen LogP) is 2.21. The third kappa shape index (κ3) is 5.71. The Balaban J connectivity index is 1.92. The predicted molar refractivity (Wildman–Crippen MR) is 121 cm³/mol. The molecule has 2 aromatic rings. The minimum atomic E-state index is -3.38. The molecule has 0 bridgehead atoms. The van der Waals surface area contributed by atoms with Crippen molar-refractivity contribution in [3.05, 3.63) is 35.7 Å². The number of benzene rings is 1. The molecule has 9 nitrogen and oxygen atoms in total. The summed E-state index contributed by atoms with van der Waals surface area (Å²) in [7, 11) is -3.38. The molecule has 0 unspecified atom stereocenters. The van der Waals surface area contributed by atoms with Crippen molar-refractivity contribution in [1.82, 2.24) is 9.97 Å². The fourth-order valence-electron chi connectivity index (χ4n) is 3.77. The number of nitrogens with one attached hydrogen (secondary N) is 2. The van der Waals surface area contributed by atoms with Crippen LogP contribution in [0.4, 0.5) is 17.3 Å². The SMILES string of the molecule is CCc1nc(C(N)=O)c(Nc2cccc(S(C)(=O)=O)c2)nc1N[C@H]1CC[C@H](CN)CC1. The smallest absolute Gasteiger partial charge is 0.271 e. The summed E-state index contributed by atoms with van der Waals surface area (Å²) in [5, 5.41) is 6.49. The van der Waals surface area contributed by atoms with Crippen LogP contribution in [0.3, 0.4) is 0 Å². The lowest BCUT2D eigenvalue weighted by atomic mass is 9.86. The van der Waals surface area contributed by atoms with Crippen molar-refractivity contribution < 1.29 is 13.2 Å². The maximum absolute atomic E-state index is 12.0. The molecule has 3 rings (SSSR count). The van der Waals surface area contributed by atoms with Crippen LogP contribution in [0.25, 0.3) is 0 Å². The van der Waals surface area contributed by atoms with Crippen molar-refractivity contribution in [3.8, 4) is 0 Å². The van der Waals surface area contributed by atoms with E-state index in [1.807, 2.05) is 6.92 Å². The summed E-state index contributed by atoms with van der Waals surface area (Å²) in [6.07, 6.45) is 5.82. The zero-order valence-corrected chi connectivity index (χ0v) is 18.7. The number of nitrogens with zero attached hydrogens (tertiary/aromatic N) is 2. The zero-order valence-electron chi connectivity index (χ0n) is 17.9. The maximum atomic E-state index is 12.0. The molecule has 31 heavy (non-hydrogen) atoms. The Morgan fingerprint density at radius 3 is 2.45 bits per heavy atom. The second-order valence-electron chi connectivity index (χ2n) is 7.96. The summed E-state index contributed by atoms with van der Waals surface area (Å²) in [5.74, 6) is 0.643. The van der Waals surface area contributed by atoms with Crippen molar-refractivity contribution >= 4 is 33.1 Å². The molecule has 1 heterocycles. The second-order valence-corrected chi connectivity index (χ2v) is 9.97. The Bertz CT molecular complexity index is 1050. The molecule has 6 N–H and O–H groups in total. The standard InChI is InChI=1S/C21H30N6O3S/c1-3-17-20(24-14-9-7-13(12-22)8-10-14)27-21(18(26-17)19(23)28)25-15-5-4-6-16(11-15)31(2,29)30/h4-6,11,13-14H,3,7-10,12,22H2,1-2H3,(H2,23,28)(H2,24,25,27)/t13-,14-. The van der Waals surface area contributed by atoms with Crippen molar-refractivity contribution in [2.24, 2.45) is 17.4 Å². The molecule has 1 aromatic carbocycles. The second kappa shape index (κ2) is 9.61. The monoisotopic (exact) mass is 446 g/mol. The lowest BCUT2D eigenvalue weighted by molar-refractivity contribution is 0.0996. The fourth-order valence-corrected chi connectivity index (χ4v) is 4.44. The number of carbonyl (C=O) groups excluding carboxylic acids is 1. The number of nitrogens with two attached hydrogens (primary N) is 2. The van der Waals surface area contributed by atoms with Crippen molar-refractivity contribution in [2.75, 3.05) is 23.4 Å². The summed E-state index contributed by atoms with van der Waals surface area (Å²) in [5.41, 5.74) is 12.5. The van der Waals surface area contributed by atoms with Gasteiger partial charge in [-0.05, 0) is 62.8 Å². The molecule has 1 fully saturated rings. The number of amides is 1. The Hall–Kier alpha value is -2.72. The molecule has 0 saturated heterocycles. The van der Waals surface area contributed by atoms with Crippen LogP contribution < -0.4 is 22.1 Å². The van der Waals surface area contributed by atoms with E-state index in [9.17, 15) is 13.2 Å². The molecule has 0 spiro atoms. The maximum Gasteiger partial charge on any atom is 0.271 e. The van der Waals surface area contributed by atoms with Crippen LogP contribution in [0.2, 0.25) is 0 Å². The molecule has 168 valence electrons. The quantitative estimate of drug-likeness (QED) is 0.481. The summed E-state index contributed by atoms with van der Waals surface area (Å²) in [6, 6.07) is 6.55. The Kier molecular flexibility index (Phi) is 7.11. The van der Waals surface area contributed by atoms with Crippen molar-refractivity contribution in [3.63, 3.8) is 0 Å². The lowest BCUT2D eigenvalue weighted by Gasteiger charge is -2.29. The first-order chi connectivity index (χ1) is 14.7. The largest absolute Gasteiger partial charge is 0.366 e. The van der Waals surface area contributed by atoms with E-state index in [1.165, 1.54) is 12.1 Å². The van der Waals surface area contributed by atoms with E-state index in [2.05, 4.69) is 20.6 Å². The first-order valence-corrected chi connectivity index (χ1v) is 12.3. The zero-order chi connectivity index (χ0) is 22.6. The Morgan fingerprint density at radius 1 is 1.16 bits per heavy atom. The van der Waals surface area contributed by atoms with E-state index in [-0.39, 0.29) is 22.4 Å². The third-order valence-electron chi connectivity index (χ3n) is 5.58. The minimum absolute atomic E-state index is 0.0130. The Morgan fingerprint density at radius 2 is 1.87 bits per heavy atom. The van der Waals surface area contributed by atoms with Gasteiger partial charge in [0.05, 0.1) is 10.6 Å². The molecular formula is C21H30N6O3S. The number of aromatic nitrogens is 2. The highest BCUT2D eigenvalue weighted by atomic mass is 32.2. The van der Waals surface area contributed by atoms with Gasteiger partial charge in [-0.1, -0.05) is 13.0 Å². The number of rotatable bonds is 8. The third-order valence-corrected chi connectivity index (χ3v) is 6.69. The summed E-state index contributed by atoms with van der Waals surface area (Å²) < 4.78 is 23.7. The van der Waals surface area contributed by atoms with Gasteiger partial charge >= 0.3 is 0 Å². The van der Waals surface area contributed by atoms with Crippen LogP contribution in [0.5, 0.6) is 0 Å². The van der Waals surface area contributed by atoms with Crippen LogP contribution in [0.15, 0.2) is 29.2 Å². The van der Waals surface area contributed by atoms with Crippen LogP contribution in [-0.2, 0) is 16.3 Å². The molecule has 1 saturated carbocycles. The molecule has 10 heteroatoms. The van der Waals surface area contributed by atoms with Crippen LogP contribution in [0.1, 0.15) is 48.8 Å². The lowest BCUT2D eigenvalue weighted by Crippen LogP contribution is -2.30. The van der Waals surface area contributed by atoms with Crippen LogP contribution >= 0.6 is 0 Å². The van der Waals surface area contributed by atoms with Gasteiger partial charge in [0.15, 0.2) is 21.3 Å². The van der Waals surface area contributed by atoms with Gasteiger partial charge in [-0.15, -0.1) is 0 Å². The first kappa shape index (κ1) is 23.0. The average Bonchev–Trinajstić information content (AvgIpc) is 2.74. The van der Waals surface area contributed by atoms with E-state index >= 15 is 0 Å². The number of anilines is 3. The van der Waals surface area contributed by atoms with E-state index in [1.54, 1.807) is 12.1 Å². The van der Waals surface area contributed by atoms with E-state index in [4.69, 9.17) is 11.5 Å². The normalized spacial score (nSPS) is 19.1. The van der Waals surface area contributed by atoms with Gasteiger partial charge in [-0.3, -0.25) is 4.79 Å². The number of hydrogen-bond donors (Lipinski definition) is 4. The minimum Gasteiger partial charge on any atom is -0.366 e. The number of carbonyl (C=O) groups is 1. The van der Waals surface area contributed by atoms with Crippen LogP contribution in [-0.4, -0.2) is 43.1 Å². The highest BCUT2D eigenvalue weighted by molar-refractivity contribution is 7.90. The first-order valence-electron chi connectivity index (χ1n) is 10.5. The van der Waals surface area contributed by atoms with Gasteiger partial charge in [0, 0.05) is 18.0 Å². The summed E-state index contributed by atoms with van der Waals surface area (Å²) >= 11 is 0. The van der Waals surface area contributed by atoms with Crippen molar-refractivity contribution in [2.45, 2.75) is 50.0 Å². The summed E-state index contributed by atoms with van der Waals surface area (Å²) in [4.78, 5) is 21.3. The highest BCUT2D eigenvalue weighted by Gasteiger charge is 2.23. The van der Waals surface area contributed by atoms with E-state index in [0.717, 1.165) is 31.9 Å². The van der Waals surface area contributed by atoms with Crippen molar-refractivity contribution in [1.29, 1.82) is 0 Å².